The van der Waals surface area contributed by atoms with Gasteiger partial charge in [0.1, 0.15) is 29.4 Å². The maximum atomic E-state index is 14.8. The van der Waals surface area contributed by atoms with Crippen molar-refractivity contribution in [3.05, 3.63) is 78.9 Å². The van der Waals surface area contributed by atoms with E-state index in [1.807, 2.05) is 62.4 Å². The number of halogens is 1. The van der Waals surface area contributed by atoms with Crippen molar-refractivity contribution in [2.24, 2.45) is 5.92 Å². The lowest BCUT2D eigenvalue weighted by Gasteiger charge is -2.15. The van der Waals surface area contributed by atoms with Crippen LogP contribution in [-0.2, 0) is 4.79 Å². The van der Waals surface area contributed by atoms with Crippen molar-refractivity contribution in [2.45, 2.75) is 33.1 Å². The predicted octanol–water partition coefficient (Wildman–Crippen LogP) is 7.43. The number of hydrogen-bond donors (Lipinski definition) is 3. The number of anilines is 1. The summed E-state index contributed by atoms with van der Waals surface area (Å²) in [7, 11) is 0. The minimum atomic E-state index is -0.338. The first-order valence-corrected chi connectivity index (χ1v) is 15.8. The topological polar surface area (TPSA) is 112 Å². The van der Waals surface area contributed by atoms with Crippen LogP contribution in [0.4, 0.5) is 10.1 Å². The molecule has 7 rings (SSSR count). The summed E-state index contributed by atoms with van der Waals surface area (Å²) in [5, 5.41) is 11.6. The highest BCUT2D eigenvalue weighted by Crippen LogP contribution is 2.36. The number of nitrogens with one attached hydrogen (secondary N) is 3. The van der Waals surface area contributed by atoms with Crippen LogP contribution in [0.25, 0.3) is 55.7 Å². The van der Waals surface area contributed by atoms with Gasteiger partial charge in [-0.05, 0) is 85.4 Å². The van der Waals surface area contributed by atoms with E-state index in [4.69, 9.17) is 9.72 Å². The summed E-state index contributed by atoms with van der Waals surface area (Å²) < 4.78 is 20.8. The second-order valence-electron chi connectivity index (χ2n) is 12.3. The van der Waals surface area contributed by atoms with E-state index in [1.54, 1.807) is 18.5 Å². The van der Waals surface area contributed by atoms with Gasteiger partial charge in [-0.1, -0.05) is 26.0 Å². The average Bonchev–Trinajstić information content (AvgIpc) is 3.80. The van der Waals surface area contributed by atoms with Crippen LogP contribution in [0, 0.1) is 11.7 Å². The molecule has 234 valence electrons. The fraction of sp³-hybridized carbons (Fsp3) is 0.278. The lowest BCUT2D eigenvalue weighted by Crippen LogP contribution is -2.25. The van der Waals surface area contributed by atoms with Gasteiger partial charge in [-0.2, -0.15) is 5.10 Å². The summed E-state index contributed by atoms with van der Waals surface area (Å²) in [6.45, 7) is 7.57. The number of rotatable bonds is 10. The largest absolute Gasteiger partial charge is 0.492 e. The average molecular weight is 618 g/mol. The van der Waals surface area contributed by atoms with Crippen LogP contribution in [0.1, 0.15) is 33.1 Å². The quantitative estimate of drug-likeness (QED) is 0.147. The molecule has 0 atom stereocenters. The van der Waals surface area contributed by atoms with Crippen molar-refractivity contribution in [1.29, 1.82) is 0 Å². The van der Waals surface area contributed by atoms with Crippen LogP contribution in [0.2, 0.25) is 0 Å². The number of H-pyrrole nitrogens is 2. The first-order valence-electron chi connectivity index (χ1n) is 15.8. The van der Waals surface area contributed by atoms with Gasteiger partial charge in [0, 0.05) is 41.7 Å². The summed E-state index contributed by atoms with van der Waals surface area (Å²) >= 11 is 0. The summed E-state index contributed by atoms with van der Waals surface area (Å²) in [5.41, 5.74) is 7.56. The zero-order chi connectivity index (χ0) is 31.6. The standard InChI is InChI=1S/C36H36FN7O2/c1-22(2)14-34(45)39-26-16-24(20-38-21-26)30-8-9-32-35(41-30)36(43-42-32)33-19-29-28(6-5-7-31(29)40-33)23-15-25(37)18-27(17-23)46-13-12-44-10-3-4-11-44/h5-9,15-22,40H,3-4,10-14H2,1-2H3,(H,39,45)(H,42,43). The third-order valence-corrected chi connectivity index (χ3v) is 8.30. The number of aromatic amines is 2. The maximum Gasteiger partial charge on any atom is 0.224 e. The van der Waals surface area contributed by atoms with E-state index in [1.165, 1.54) is 18.9 Å². The van der Waals surface area contributed by atoms with Crippen LogP contribution in [0.5, 0.6) is 5.75 Å². The number of nitrogens with zero attached hydrogens (tertiary/aromatic N) is 4. The molecule has 0 bridgehead atoms. The molecule has 1 amide bonds. The Balaban J connectivity index is 1.18. The van der Waals surface area contributed by atoms with Crippen LogP contribution in [-0.4, -0.2) is 62.2 Å². The lowest BCUT2D eigenvalue weighted by atomic mass is 10.0. The van der Waals surface area contributed by atoms with Gasteiger partial charge in [-0.25, -0.2) is 9.37 Å². The van der Waals surface area contributed by atoms with Crippen LogP contribution in [0.3, 0.4) is 0 Å². The Labute approximate surface area is 266 Å². The van der Waals surface area contributed by atoms with Gasteiger partial charge >= 0.3 is 0 Å². The maximum absolute atomic E-state index is 14.8. The Morgan fingerprint density at radius 3 is 2.74 bits per heavy atom. The van der Waals surface area contributed by atoms with Gasteiger partial charge in [0.2, 0.25) is 5.91 Å². The monoisotopic (exact) mass is 617 g/mol. The van der Waals surface area contributed by atoms with E-state index in [0.717, 1.165) is 58.4 Å². The molecule has 0 spiro atoms. The predicted molar refractivity (Wildman–Crippen MR) is 179 cm³/mol. The summed E-state index contributed by atoms with van der Waals surface area (Å²) in [6, 6.07) is 18.6. The molecule has 46 heavy (non-hydrogen) atoms. The van der Waals surface area contributed by atoms with Crippen LogP contribution in [0.15, 0.2) is 73.1 Å². The smallest absolute Gasteiger partial charge is 0.224 e. The Kier molecular flexibility index (Phi) is 8.19. The van der Waals surface area contributed by atoms with Crippen LogP contribution < -0.4 is 10.1 Å². The van der Waals surface area contributed by atoms with E-state index in [2.05, 4.69) is 30.4 Å². The van der Waals surface area contributed by atoms with Crippen molar-refractivity contribution in [2.75, 3.05) is 31.6 Å². The molecule has 1 aliphatic heterocycles. The SMILES string of the molecule is CC(C)CC(=O)Nc1cncc(-c2ccc3[nH]nc(-c4cc5c(-c6cc(F)cc(OCCN7CCCC7)c6)cccc5[nH]4)c3n2)c1. The highest BCUT2D eigenvalue weighted by atomic mass is 19.1. The minimum absolute atomic E-state index is 0.0489. The van der Waals surface area contributed by atoms with Crippen molar-refractivity contribution >= 4 is 33.5 Å². The fourth-order valence-corrected chi connectivity index (χ4v) is 6.11. The molecule has 0 saturated carbocycles. The molecule has 1 aliphatic rings. The Morgan fingerprint density at radius 2 is 1.89 bits per heavy atom. The first-order chi connectivity index (χ1) is 22.4. The van der Waals surface area contributed by atoms with Crippen molar-refractivity contribution < 1.29 is 13.9 Å². The Bertz CT molecular complexity index is 2030. The summed E-state index contributed by atoms with van der Waals surface area (Å²) in [6.07, 6.45) is 6.25. The van der Waals surface area contributed by atoms with Gasteiger partial charge in [0.25, 0.3) is 0 Å². The first kappa shape index (κ1) is 29.6. The molecule has 3 N–H and O–H groups in total. The van der Waals surface area contributed by atoms with E-state index in [9.17, 15) is 9.18 Å². The fourth-order valence-electron chi connectivity index (χ4n) is 6.11. The number of aromatic nitrogens is 5. The van der Waals surface area contributed by atoms with Gasteiger partial charge in [0.15, 0.2) is 0 Å². The number of carbonyl (C=O) groups excluding carboxylic acids is 1. The molecule has 1 saturated heterocycles. The molecule has 9 nitrogen and oxygen atoms in total. The molecule has 1 fully saturated rings. The minimum Gasteiger partial charge on any atom is -0.492 e. The number of fused-ring (bicyclic) bond motifs is 2. The van der Waals surface area contributed by atoms with E-state index < -0.39 is 0 Å². The second kappa shape index (κ2) is 12.7. The molecule has 0 unspecified atom stereocenters. The molecular weight excluding hydrogens is 581 g/mol. The van der Waals surface area contributed by atoms with Gasteiger partial charge in [0.05, 0.1) is 28.8 Å². The molecule has 0 aliphatic carbocycles. The molecule has 0 radical (unpaired) electrons. The molecule has 10 heteroatoms. The van der Waals surface area contributed by atoms with Crippen molar-refractivity contribution in [3.63, 3.8) is 0 Å². The normalized spacial score (nSPS) is 13.7. The lowest BCUT2D eigenvalue weighted by molar-refractivity contribution is -0.116. The van der Waals surface area contributed by atoms with Crippen LogP contribution >= 0.6 is 0 Å². The van der Waals surface area contributed by atoms with E-state index >= 15 is 0 Å². The highest BCUT2D eigenvalue weighted by molar-refractivity contribution is 6.00. The number of carbonyl (C=O) groups is 1. The molecular formula is C36H36FN7O2. The van der Waals surface area contributed by atoms with E-state index in [0.29, 0.717) is 41.4 Å². The zero-order valence-corrected chi connectivity index (χ0v) is 25.9. The second-order valence-corrected chi connectivity index (χ2v) is 12.3. The Morgan fingerprint density at radius 1 is 1.02 bits per heavy atom. The third-order valence-electron chi connectivity index (χ3n) is 8.30. The van der Waals surface area contributed by atoms with Gasteiger partial charge in [-0.3, -0.25) is 19.8 Å². The van der Waals surface area contributed by atoms with Crippen molar-refractivity contribution in [1.82, 2.24) is 30.0 Å². The number of likely N-dealkylation sites (tertiary alicyclic amines) is 1. The molecule has 5 heterocycles. The Hall–Kier alpha value is -5.09. The number of pyridine rings is 2. The summed E-state index contributed by atoms with van der Waals surface area (Å²) in [4.78, 5) is 27.5. The third kappa shape index (κ3) is 6.34. The zero-order valence-electron chi connectivity index (χ0n) is 25.9. The highest BCUT2D eigenvalue weighted by Gasteiger charge is 2.17. The number of amides is 1. The van der Waals surface area contributed by atoms with Gasteiger partial charge in [-0.15, -0.1) is 0 Å². The van der Waals surface area contributed by atoms with E-state index in [-0.39, 0.29) is 17.6 Å². The number of hydrogen-bond acceptors (Lipinski definition) is 6. The molecule has 2 aromatic carbocycles. The summed E-state index contributed by atoms with van der Waals surface area (Å²) in [5.74, 6) is 0.395. The molecule has 4 aromatic heterocycles. The van der Waals surface area contributed by atoms with Gasteiger partial charge < -0.3 is 15.0 Å². The number of ether oxygens (including phenoxy) is 1. The molecule has 6 aromatic rings. The number of benzene rings is 2. The van der Waals surface area contributed by atoms with Crippen molar-refractivity contribution in [3.8, 4) is 39.5 Å².